The first-order valence-electron chi connectivity index (χ1n) is 5.41. The minimum Gasteiger partial charge on any atom is -0.348 e. The van der Waals surface area contributed by atoms with Gasteiger partial charge in [0, 0.05) is 6.04 Å². The van der Waals surface area contributed by atoms with Crippen LogP contribution in [0.5, 0.6) is 0 Å². The molecule has 16 heavy (non-hydrogen) atoms. The number of nitrogens with one attached hydrogen (secondary N) is 3. The van der Waals surface area contributed by atoms with Gasteiger partial charge in [-0.25, -0.2) is 0 Å². The molecule has 1 amide bonds. The monoisotopic (exact) mass is 241 g/mol. The van der Waals surface area contributed by atoms with Crippen LogP contribution in [0.25, 0.3) is 0 Å². The average molecular weight is 242 g/mol. The van der Waals surface area contributed by atoms with Crippen molar-refractivity contribution in [3.05, 3.63) is 12.2 Å². The van der Waals surface area contributed by atoms with Gasteiger partial charge in [0.1, 0.15) is 10.9 Å². The van der Waals surface area contributed by atoms with Crippen molar-refractivity contribution in [2.24, 2.45) is 0 Å². The third-order valence-electron chi connectivity index (χ3n) is 2.58. The van der Waals surface area contributed by atoms with E-state index < -0.39 is 0 Å². The summed E-state index contributed by atoms with van der Waals surface area (Å²) in [7, 11) is 0. The number of allylic oxidation sites excluding steroid dienone is 1. The fourth-order valence-electron chi connectivity index (χ4n) is 1.74. The summed E-state index contributed by atoms with van der Waals surface area (Å²) in [6, 6.07) is 0.199. The number of halogens is 1. The molecule has 0 bridgehead atoms. The van der Waals surface area contributed by atoms with Crippen LogP contribution in [-0.4, -0.2) is 22.8 Å². The molecule has 0 saturated heterocycles. The number of rotatable bonds is 4. The maximum absolute atomic E-state index is 11.5. The highest BCUT2D eigenvalue weighted by molar-refractivity contribution is 6.67. The van der Waals surface area contributed by atoms with E-state index in [0.29, 0.717) is 0 Å². The zero-order valence-corrected chi connectivity index (χ0v) is 9.81. The van der Waals surface area contributed by atoms with Gasteiger partial charge in [0.05, 0.1) is 0 Å². The van der Waals surface area contributed by atoms with Crippen molar-refractivity contribution < 1.29 is 4.79 Å². The smallest absolute Gasteiger partial charge is 0.269 e. The van der Waals surface area contributed by atoms with E-state index in [9.17, 15) is 4.79 Å². The van der Waals surface area contributed by atoms with Crippen molar-refractivity contribution >= 4 is 28.4 Å². The lowest BCUT2D eigenvalue weighted by molar-refractivity contribution is -0.115. The Hall–Kier alpha value is -1.16. The van der Waals surface area contributed by atoms with Crippen molar-refractivity contribution in [1.29, 1.82) is 10.8 Å². The van der Waals surface area contributed by atoms with E-state index in [-0.39, 0.29) is 22.8 Å². The van der Waals surface area contributed by atoms with Crippen LogP contribution in [0.1, 0.15) is 32.1 Å². The highest BCUT2D eigenvalue weighted by Gasteiger charge is 2.16. The SMILES string of the molecule is N=C(Cl)/C=C\C(=N)C(=O)NC1CCCCC1. The van der Waals surface area contributed by atoms with Crippen LogP contribution < -0.4 is 5.32 Å². The van der Waals surface area contributed by atoms with Crippen molar-refractivity contribution in [3.63, 3.8) is 0 Å². The molecule has 0 atom stereocenters. The fourth-order valence-corrected chi connectivity index (χ4v) is 1.81. The van der Waals surface area contributed by atoms with E-state index in [1.165, 1.54) is 18.6 Å². The molecule has 1 rings (SSSR count). The summed E-state index contributed by atoms with van der Waals surface area (Å²) in [6.45, 7) is 0. The number of carbonyl (C=O) groups is 1. The molecular formula is C11H16ClN3O. The fraction of sp³-hybridized carbons (Fsp3) is 0.545. The molecule has 4 nitrogen and oxygen atoms in total. The minimum absolute atomic E-state index is 0.157. The highest BCUT2D eigenvalue weighted by Crippen LogP contribution is 2.17. The molecule has 3 N–H and O–H groups in total. The van der Waals surface area contributed by atoms with Crippen LogP contribution in [0.2, 0.25) is 0 Å². The maximum Gasteiger partial charge on any atom is 0.269 e. The molecule has 1 aliphatic carbocycles. The third-order valence-corrected chi connectivity index (χ3v) is 2.71. The van der Waals surface area contributed by atoms with Crippen molar-refractivity contribution in [3.8, 4) is 0 Å². The van der Waals surface area contributed by atoms with Crippen molar-refractivity contribution in [2.75, 3.05) is 0 Å². The molecule has 0 radical (unpaired) electrons. The molecule has 1 aliphatic rings. The Kier molecular flexibility index (Phi) is 5.19. The van der Waals surface area contributed by atoms with Crippen LogP contribution in [-0.2, 0) is 4.79 Å². The molecule has 0 aromatic rings. The molecule has 0 aromatic carbocycles. The summed E-state index contributed by atoms with van der Waals surface area (Å²) in [6.07, 6.45) is 7.97. The summed E-state index contributed by atoms with van der Waals surface area (Å²) in [4.78, 5) is 11.5. The second kappa shape index (κ2) is 6.43. The van der Waals surface area contributed by atoms with E-state index in [1.807, 2.05) is 0 Å². The van der Waals surface area contributed by atoms with E-state index in [0.717, 1.165) is 25.7 Å². The predicted octanol–water partition coefficient (Wildman–Crippen LogP) is 2.23. The van der Waals surface area contributed by atoms with E-state index >= 15 is 0 Å². The lowest BCUT2D eigenvalue weighted by Crippen LogP contribution is -2.39. The van der Waals surface area contributed by atoms with Crippen molar-refractivity contribution in [1.82, 2.24) is 5.32 Å². The Balaban J connectivity index is 2.38. The van der Waals surface area contributed by atoms with Gasteiger partial charge in [0.15, 0.2) is 0 Å². The third kappa shape index (κ3) is 4.57. The number of carbonyl (C=O) groups excluding carboxylic acids is 1. The first-order chi connectivity index (χ1) is 7.59. The minimum atomic E-state index is -0.388. The van der Waals surface area contributed by atoms with E-state index in [4.69, 9.17) is 22.4 Å². The molecule has 1 fully saturated rings. The van der Waals surface area contributed by atoms with Gasteiger partial charge in [-0.1, -0.05) is 30.9 Å². The Morgan fingerprint density at radius 2 is 1.81 bits per heavy atom. The number of hydrogen-bond donors (Lipinski definition) is 3. The largest absolute Gasteiger partial charge is 0.348 e. The van der Waals surface area contributed by atoms with Gasteiger partial charge >= 0.3 is 0 Å². The van der Waals surface area contributed by atoms with Crippen molar-refractivity contribution in [2.45, 2.75) is 38.1 Å². The van der Waals surface area contributed by atoms with Gasteiger partial charge in [0.2, 0.25) is 0 Å². The van der Waals surface area contributed by atoms with Crippen LogP contribution in [0.3, 0.4) is 0 Å². The van der Waals surface area contributed by atoms with Gasteiger partial charge < -0.3 is 5.32 Å². The van der Waals surface area contributed by atoms with Crippen LogP contribution in [0.15, 0.2) is 12.2 Å². The standard InChI is InChI=1S/C11H16ClN3O/c12-10(14)7-6-9(13)11(16)15-8-4-2-1-3-5-8/h6-8,13-14H,1-5H2,(H,15,16)/b7-6-,13-9?,14-10?. The van der Waals surface area contributed by atoms with Gasteiger partial charge in [-0.3, -0.25) is 15.6 Å². The zero-order valence-electron chi connectivity index (χ0n) is 9.05. The quantitative estimate of drug-likeness (QED) is 0.649. The molecule has 88 valence electrons. The van der Waals surface area contributed by atoms with Crippen LogP contribution in [0, 0.1) is 10.8 Å². The number of amides is 1. The highest BCUT2D eigenvalue weighted by atomic mass is 35.5. The van der Waals surface area contributed by atoms with Gasteiger partial charge in [0.25, 0.3) is 5.91 Å². The van der Waals surface area contributed by atoms with Gasteiger partial charge in [-0.05, 0) is 25.0 Å². The Bertz CT molecular complexity index is 319. The van der Waals surface area contributed by atoms with Crippen LogP contribution >= 0.6 is 11.6 Å². The summed E-state index contributed by atoms with van der Waals surface area (Å²) in [5.74, 6) is -0.388. The Labute approximate surface area is 100 Å². The lowest BCUT2D eigenvalue weighted by Gasteiger charge is -2.22. The first kappa shape index (κ1) is 12.9. The second-order valence-electron chi connectivity index (χ2n) is 3.90. The van der Waals surface area contributed by atoms with E-state index in [1.54, 1.807) is 0 Å². The molecule has 0 aliphatic heterocycles. The number of hydrogen-bond acceptors (Lipinski definition) is 3. The summed E-state index contributed by atoms with van der Waals surface area (Å²) >= 11 is 5.29. The molecule has 5 heteroatoms. The molecule has 0 spiro atoms. The molecular weight excluding hydrogens is 226 g/mol. The summed E-state index contributed by atoms with van der Waals surface area (Å²) in [5, 5.41) is 17.0. The maximum atomic E-state index is 11.5. The van der Waals surface area contributed by atoms with E-state index in [2.05, 4.69) is 5.32 Å². The normalized spacial score (nSPS) is 17.3. The Morgan fingerprint density at radius 3 is 2.38 bits per heavy atom. The predicted molar refractivity (Wildman–Crippen MR) is 65.5 cm³/mol. The second-order valence-corrected chi connectivity index (χ2v) is 4.31. The zero-order chi connectivity index (χ0) is 12.0. The summed E-state index contributed by atoms with van der Waals surface area (Å²) < 4.78 is 0. The molecule has 0 unspecified atom stereocenters. The summed E-state index contributed by atoms with van der Waals surface area (Å²) in [5.41, 5.74) is -0.157. The topological polar surface area (TPSA) is 76.8 Å². The average Bonchev–Trinajstić information content (AvgIpc) is 2.27. The molecule has 1 saturated carbocycles. The van der Waals surface area contributed by atoms with Crippen LogP contribution in [0.4, 0.5) is 0 Å². The first-order valence-corrected chi connectivity index (χ1v) is 5.79. The lowest BCUT2D eigenvalue weighted by atomic mass is 9.95. The van der Waals surface area contributed by atoms with Gasteiger partial charge in [-0.15, -0.1) is 0 Å². The molecule has 0 heterocycles. The Morgan fingerprint density at radius 1 is 1.19 bits per heavy atom. The molecule has 0 aromatic heterocycles. The van der Waals surface area contributed by atoms with Gasteiger partial charge in [-0.2, -0.15) is 0 Å².